The van der Waals surface area contributed by atoms with Gasteiger partial charge in [0.15, 0.2) is 0 Å². The molecule has 0 saturated heterocycles. The number of nitro groups is 1. The van der Waals surface area contributed by atoms with Crippen LogP contribution in [0.2, 0.25) is 5.02 Å². The van der Waals surface area contributed by atoms with Crippen LogP contribution in [0.15, 0.2) is 48.5 Å². The molecular formula is C19H17ClN4O4. The number of hydrogen-bond donors (Lipinski definition) is 3. The number of nitro benzene ring substituents is 1. The fraction of sp³-hybridized carbons (Fsp3) is 0.158. The van der Waals surface area contributed by atoms with Crippen molar-refractivity contribution in [2.75, 3.05) is 13.1 Å². The Morgan fingerprint density at radius 3 is 2.46 bits per heavy atom. The van der Waals surface area contributed by atoms with Gasteiger partial charge in [-0.1, -0.05) is 29.8 Å². The Labute approximate surface area is 165 Å². The van der Waals surface area contributed by atoms with Gasteiger partial charge in [0.25, 0.3) is 17.5 Å². The number of aromatic nitrogens is 1. The van der Waals surface area contributed by atoms with Crippen LogP contribution in [-0.4, -0.2) is 34.8 Å². The highest BCUT2D eigenvalue weighted by atomic mass is 35.5. The number of fused-ring (bicyclic) bond motifs is 1. The molecule has 3 N–H and O–H groups in total. The molecule has 0 atom stereocenters. The number of amides is 2. The number of para-hydroxylation sites is 1. The second kappa shape index (κ2) is 8.53. The van der Waals surface area contributed by atoms with Crippen molar-refractivity contribution in [3.63, 3.8) is 0 Å². The lowest BCUT2D eigenvalue weighted by Crippen LogP contribution is -2.30. The Bertz CT molecular complexity index is 1010. The molecule has 2 amide bonds. The number of H-pyrrole nitrogens is 1. The van der Waals surface area contributed by atoms with E-state index in [1.54, 1.807) is 6.07 Å². The van der Waals surface area contributed by atoms with Gasteiger partial charge in [0.1, 0.15) is 5.69 Å². The molecule has 0 saturated carbocycles. The van der Waals surface area contributed by atoms with Crippen LogP contribution in [0.25, 0.3) is 10.9 Å². The first-order valence-corrected chi connectivity index (χ1v) is 8.91. The lowest BCUT2D eigenvalue weighted by Gasteiger charge is -2.07. The third-order valence-corrected chi connectivity index (χ3v) is 4.43. The maximum atomic E-state index is 12.2. The molecule has 28 heavy (non-hydrogen) atoms. The van der Waals surface area contributed by atoms with Gasteiger partial charge in [-0.2, -0.15) is 0 Å². The van der Waals surface area contributed by atoms with E-state index in [0.29, 0.717) is 18.7 Å². The van der Waals surface area contributed by atoms with Gasteiger partial charge >= 0.3 is 0 Å². The van der Waals surface area contributed by atoms with Crippen molar-refractivity contribution < 1.29 is 14.5 Å². The molecular weight excluding hydrogens is 384 g/mol. The molecule has 144 valence electrons. The molecule has 9 heteroatoms. The quantitative estimate of drug-likeness (QED) is 0.320. The van der Waals surface area contributed by atoms with Crippen LogP contribution in [0.1, 0.15) is 27.3 Å². The van der Waals surface area contributed by atoms with Gasteiger partial charge in [-0.05, 0) is 24.6 Å². The monoisotopic (exact) mass is 400 g/mol. The number of aromatic amines is 1. The predicted molar refractivity (Wildman–Crippen MR) is 106 cm³/mol. The van der Waals surface area contributed by atoms with E-state index in [0.717, 1.165) is 17.0 Å². The summed E-state index contributed by atoms with van der Waals surface area (Å²) in [6.45, 7) is 0.641. The molecule has 0 aliphatic carbocycles. The van der Waals surface area contributed by atoms with Crippen molar-refractivity contribution in [3.05, 3.63) is 74.9 Å². The lowest BCUT2D eigenvalue weighted by molar-refractivity contribution is -0.384. The summed E-state index contributed by atoms with van der Waals surface area (Å²) >= 11 is 5.93. The van der Waals surface area contributed by atoms with Crippen LogP contribution >= 0.6 is 11.6 Å². The molecule has 0 aliphatic rings. The Morgan fingerprint density at radius 1 is 1.04 bits per heavy atom. The molecule has 0 aliphatic heterocycles. The van der Waals surface area contributed by atoms with E-state index >= 15 is 0 Å². The summed E-state index contributed by atoms with van der Waals surface area (Å²) in [4.78, 5) is 37.6. The standard InChI is InChI=1S/C19H17ClN4O4/c20-15-7-6-13(24(27)28)11-14(15)18(25)21-8-3-9-22-19(26)17-10-12-4-1-2-5-16(12)23-17/h1-2,4-7,10-11,23H,3,8-9H2,(H,21,25)(H,22,26). The van der Waals surface area contributed by atoms with Crippen molar-refractivity contribution in [1.82, 2.24) is 15.6 Å². The molecule has 0 radical (unpaired) electrons. The summed E-state index contributed by atoms with van der Waals surface area (Å²) in [5.41, 5.74) is 1.18. The molecule has 0 spiro atoms. The van der Waals surface area contributed by atoms with Crippen LogP contribution in [0.5, 0.6) is 0 Å². The van der Waals surface area contributed by atoms with Gasteiger partial charge in [0.2, 0.25) is 0 Å². The van der Waals surface area contributed by atoms with Crippen molar-refractivity contribution in [3.8, 4) is 0 Å². The van der Waals surface area contributed by atoms with E-state index in [4.69, 9.17) is 11.6 Å². The number of rotatable bonds is 7. The lowest BCUT2D eigenvalue weighted by atomic mass is 10.2. The third-order valence-electron chi connectivity index (χ3n) is 4.10. The fourth-order valence-electron chi connectivity index (χ4n) is 2.68. The van der Waals surface area contributed by atoms with Crippen LogP contribution in [0, 0.1) is 10.1 Å². The Balaban J connectivity index is 1.47. The van der Waals surface area contributed by atoms with Crippen LogP contribution in [0.4, 0.5) is 5.69 Å². The van der Waals surface area contributed by atoms with Gasteiger partial charge in [0.05, 0.1) is 15.5 Å². The Morgan fingerprint density at radius 2 is 1.75 bits per heavy atom. The zero-order valence-corrected chi connectivity index (χ0v) is 15.5. The highest BCUT2D eigenvalue weighted by molar-refractivity contribution is 6.33. The molecule has 2 aromatic carbocycles. The molecule has 3 rings (SSSR count). The number of non-ortho nitro benzene ring substituents is 1. The second-order valence-corrected chi connectivity index (χ2v) is 6.46. The number of carbonyl (C=O) groups excluding carboxylic acids is 2. The number of benzene rings is 2. The summed E-state index contributed by atoms with van der Waals surface area (Å²) in [7, 11) is 0. The van der Waals surface area contributed by atoms with Crippen LogP contribution in [0.3, 0.4) is 0 Å². The first-order chi connectivity index (χ1) is 13.5. The first-order valence-electron chi connectivity index (χ1n) is 8.54. The van der Waals surface area contributed by atoms with E-state index in [1.807, 2.05) is 24.3 Å². The van der Waals surface area contributed by atoms with E-state index in [-0.39, 0.29) is 28.7 Å². The van der Waals surface area contributed by atoms with E-state index in [9.17, 15) is 19.7 Å². The predicted octanol–water partition coefficient (Wildman–Crippen LogP) is 3.28. The van der Waals surface area contributed by atoms with Crippen molar-refractivity contribution in [2.45, 2.75) is 6.42 Å². The number of carbonyl (C=O) groups is 2. The van der Waals surface area contributed by atoms with E-state index in [2.05, 4.69) is 15.6 Å². The number of halogens is 1. The molecule has 8 nitrogen and oxygen atoms in total. The molecule has 1 aromatic heterocycles. The average Bonchev–Trinajstić information content (AvgIpc) is 3.12. The summed E-state index contributed by atoms with van der Waals surface area (Å²) in [5, 5.41) is 17.3. The molecule has 1 heterocycles. The number of hydrogen-bond acceptors (Lipinski definition) is 4. The topological polar surface area (TPSA) is 117 Å². The summed E-state index contributed by atoms with van der Waals surface area (Å²) < 4.78 is 0. The van der Waals surface area contributed by atoms with Crippen molar-refractivity contribution in [1.29, 1.82) is 0 Å². The SMILES string of the molecule is O=C(NCCCNC(=O)c1cc([N+](=O)[O-])ccc1Cl)c1cc2ccccc2[nH]1. The maximum Gasteiger partial charge on any atom is 0.270 e. The maximum absolute atomic E-state index is 12.2. The largest absolute Gasteiger partial charge is 0.352 e. The van der Waals surface area contributed by atoms with Crippen LogP contribution < -0.4 is 10.6 Å². The summed E-state index contributed by atoms with van der Waals surface area (Å²) in [5.74, 6) is -0.736. The number of nitrogens with zero attached hydrogens (tertiary/aromatic N) is 1. The minimum absolute atomic E-state index is 0.0398. The van der Waals surface area contributed by atoms with Gasteiger partial charge in [0, 0.05) is 36.1 Å². The molecule has 0 fully saturated rings. The number of nitrogens with one attached hydrogen (secondary N) is 3. The molecule has 3 aromatic rings. The first kappa shape index (κ1) is 19.4. The summed E-state index contributed by atoms with van der Waals surface area (Å²) in [6.07, 6.45) is 0.490. The fourth-order valence-corrected chi connectivity index (χ4v) is 2.88. The van der Waals surface area contributed by atoms with Gasteiger partial charge in [-0.25, -0.2) is 0 Å². The van der Waals surface area contributed by atoms with Gasteiger partial charge in [-0.15, -0.1) is 0 Å². The minimum atomic E-state index is -0.591. The van der Waals surface area contributed by atoms with Crippen molar-refractivity contribution in [2.24, 2.45) is 0 Å². The highest BCUT2D eigenvalue weighted by Gasteiger charge is 2.15. The van der Waals surface area contributed by atoms with E-state index in [1.165, 1.54) is 12.1 Å². The van der Waals surface area contributed by atoms with E-state index < -0.39 is 10.8 Å². The third kappa shape index (κ3) is 4.47. The molecule has 0 bridgehead atoms. The second-order valence-electron chi connectivity index (χ2n) is 6.06. The Hall–Kier alpha value is -3.39. The van der Waals surface area contributed by atoms with Crippen molar-refractivity contribution >= 4 is 40.0 Å². The smallest absolute Gasteiger partial charge is 0.270 e. The summed E-state index contributed by atoms with van der Waals surface area (Å²) in [6, 6.07) is 13.0. The van der Waals surface area contributed by atoms with Crippen LogP contribution in [-0.2, 0) is 0 Å². The zero-order chi connectivity index (χ0) is 20.1. The van der Waals surface area contributed by atoms with Gasteiger partial charge in [-0.3, -0.25) is 19.7 Å². The highest BCUT2D eigenvalue weighted by Crippen LogP contribution is 2.21. The Kier molecular flexibility index (Phi) is 5.90. The minimum Gasteiger partial charge on any atom is -0.352 e. The zero-order valence-electron chi connectivity index (χ0n) is 14.7. The average molecular weight is 401 g/mol. The van der Waals surface area contributed by atoms with Gasteiger partial charge < -0.3 is 15.6 Å². The molecule has 0 unspecified atom stereocenters. The normalized spacial score (nSPS) is 10.6.